The fraction of sp³-hybridized carbons (Fsp3) is 0.643. The summed E-state index contributed by atoms with van der Waals surface area (Å²) in [5.74, 6) is 1.59. The molecule has 1 aliphatic rings. The van der Waals surface area contributed by atoms with Gasteiger partial charge in [0.05, 0.1) is 6.61 Å². The summed E-state index contributed by atoms with van der Waals surface area (Å²) in [7, 11) is -1.48. The first-order valence-corrected chi connectivity index (χ1v) is 16.4. The largest absolute Gasteiger partial charge is 0.465 e. The Morgan fingerprint density at radius 3 is 2.47 bits per heavy atom. The number of hydrogen-bond donors (Lipinski definition) is 0. The average molecular weight is 485 g/mol. The van der Waals surface area contributed by atoms with E-state index < -0.39 is 8.32 Å². The highest BCUT2D eigenvalue weighted by Gasteiger charge is 2.24. The topological polar surface area (TPSA) is 53.5 Å². The summed E-state index contributed by atoms with van der Waals surface area (Å²) in [6.07, 6.45) is 15.8. The standard InChI is InChI=1S/C28H44N2O3Si/c1-5-6-20-34(3,4)33-23(2)12-8-7-9-13-24-21-29-28(30-22-24)25-15-17-26(18-16-25)32-27-14-10-11-19-31-27/h15-18,21-23,27H,5-14,19-20H2,1-4H3. The second kappa shape index (κ2) is 14.0. The van der Waals surface area contributed by atoms with Crippen LogP contribution in [0.5, 0.6) is 5.75 Å². The Bertz CT molecular complexity index is 821. The molecule has 2 heterocycles. The molecule has 1 saturated heterocycles. The van der Waals surface area contributed by atoms with Gasteiger partial charge in [-0.05, 0) is 88.0 Å². The van der Waals surface area contributed by atoms with E-state index in [1.54, 1.807) is 0 Å². The molecule has 3 rings (SSSR count). The molecule has 6 heteroatoms. The molecule has 0 aliphatic carbocycles. The Balaban J connectivity index is 1.35. The minimum atomic E-state index is -1.48. The van der Waals surface area contributed by atoms with Crippen LogP contribution in [0.15, 0.2) is 36.7 Å². The summed E-state index contributed by atoms with van der Waals surface area (Å²) >= 11 is 0. The number of rotatable bonds is 14. The number of ether oxygens (including phenoxy) is 2. The van der Waals surface area contributed by atoms with Gasteiger partial charge in [0.25, 0.3) is 0 Å². The Morgan fingerprint density at radius 2 is 1.79 bits per heavy atom. The van der Waals surface area contributed by atoms with Gasteiger partial charge < -0.3 is 13.9 Å². The van der Waals surface area contributed by atoms with Crippen molar-refractivity contribution in [2.45, 2.75) is 110 Å². The second-order valence-corrected chi connectivity index (χ2v) is 14.5. The van der Waals surface area contributed by atoms with Crippen molar-refractivity contribution in [3.63, 3.8) is 0 Å². The fourth-order valence-corrected chi connectivity index (χ4v) is 7.00. The van der Waals surface area contributed by atoms with Crippen molar-refractivity contribution in [3.8, 4) is 17.1 Å². The second-order valence-electron chi connectivity index (χ2n) is 10.2. The van der Waals surface area contributed by atoms with Crippen LogP contribution in [0.3, 0.4) is 0 Å². The van der Waals surface area contributed by atoms with Crippen LogP contribution < -0.4 is 4.74 Å². The van der Waals surface area contributed by atoms with E-state index in [1.165, 1.54) is 43.7 Å². The molecule has 34 heavy (non-hydrogen) atoms. The van der Waals surface area contributed by atoms with Crippen LogP contribution in [0, 0.1) is 0 Å². The van der Waals surface area contributed by atoms with Gasteiger partial charge >= 0.3 is 0 Å². The molecular formula is C28H44N2O3Si. The summed E-state index contributed by atoms with van der Waals surface area (Å²) in [5, 5.41) is 0. The highest BCUT2D eigenvalue weighted by Crippen LogP contribution is 2.23. The van der Waals surface area contributed by atoms with E-state index in [-0.39, 0.29) is 6.29 Å². The van der Waals surface area contributed by atoms with Gasteiger partial charge in [0, 0.05) is 30.5 Å². The van der Waals surface area contributed by atoms with E-state index >= 15 is 0 Å². The average Bonchev–Trinajstić information content (AvgIpc) is 2.84. The normalized spacial score (nSPS) is 17.5. The van der Waals surface area contributed by atoms with Crippen LogP contribution >= 0.6 is 0 Å². The van der Waals surface area contributed by atoms with E-state index in [9.17, 15) is 0 Å². The van der Waals surface area contributed by atoms with E-state index in [0.717, 1.165) is 55.8 Å². The maximum absolute atomic E-state index is 6.41. The van der Waals surface area contributed by atoms with Crippen molar-refractivity contribution in [2.24, 2.45) is 0 Å². The van der Waals surface area contributed by atoms with Gasteiger partial charge in [-0.15, -0.1) is 0 Å². The molecule has 2 atom stereocenters. The Morgan fingerprint density at radius 1 is 1.03 bits per heavy atom. The van der Waals surface area contributed by atoms with E-state index in [2.05, 4.69) is 36.9 Å². The van der Waals surface area contributed by atoms with Crippen LogP contribution in [-0.2, 0) is 15.6 Å². The van der Waals surface area contributed by atoms with Crippen LogP contribution in [-0.4, -0.2) is 37.3 Å². The Labute approximate surface area is 207 Å². The molecule has 2 unspecified atom stereocenters. The maximum Gasteiger partial charge on any atom is 0.199 e. The zero-order chi connectivity index (χ0) is 24.2. The van der Waals surface area contributed by atoms with Crippen molar-refractivity contribution >= 4 is 8.32 Å². The van der Waals surface area contributed by atoms with Gasteiger partial charge in [-0.1, -0.05) is 32.6 Å². The maximum atomic E-state index is 6.41. The lowest BCUT2D eigenvalue weighted by atomic mass is 10.1. The van der Waals surface area contributed by atoms with Crippen LogP contribution in [0.4, 0.5) is 0 Å². The van der Waals surface area contributed by atoms with E-state index in [0.29, 0.717) is 6.10 Å². The number of aryl methyl sites for hydroxylation is 1. The molecule has 5 nitrogen and oxygen atoms in total. The Kier molecular flexibility index (Phi) is 11.0. The number of benzene rings is 1. The molecule has 1 aromatic heterocycles. The SMILES string of the molecule is CCCC[Si](C)(C)OC(C)CCCCCc1cnc(-c2ccc(OC3CCCCO3)cc2)nc1. The first-order chi connectivity index (χ1) is 16.4. The van der Waals surface area contributed by atoms with Crippen LogP contribution in [0.25, 0.3) is 11.4 Å². The third kappa shape index (κ3) is 9.47. The molecule has 188 valence electrons. The lowest BCUT2D eigenvalue weighted by Gasteiger charge is -2.27. The molecule has 0 saturated carbocycles. The van der Waals surface area contributed by atoms with Crippen LogP contribution in [0.2, 0.25) is 19.1 Å². The molecule has 1 aromatic carbocycles. The third-order valence-electron chi connectivity index (χ3n) is 6.45. The van der Waals surface area contributed by atoms with Crippen molar-refractivity contribution < 1.29 is 13.9 Å². The first-order valence-electron chi connectivity index (χ1n) is 13.3. The van der Waals surface area contributed by atoms with Crippen molar-refractivity contribution in [2.75, 3.05) is 6.61 Å². The number of hydrogen-bond acceptors (Lipinski definition) is 5. The molecule has 2 aromatic rings. The molecule has 0 radical (unpaired) electrons. The highest BCUT2D eigenvalue weighted by atomic mass is 28.4. The van der Waals surface area contributed by atoms with Crippen molar-refractivity contribution in [1.29, 1.82) is 0 Å². The van der Waals surface area contributed by atoms with Crippen LogP contribution in [0.1, 0.15) is 77.2 Å². The molecule has 1 fully saturated rings. The molecule has 1 aliphatic heterocycles. The summed E-state index contributed by atoms with van der Waals surface area (Å²) in [6, 6.07) is 9.26. The quantitative estimate of drug-likeness (QED) is 0.204. The zero-order valence-corrected chi connectivity index (χ0v) is 22.7. The monoisotopic (exact) mass is 484 g/mol. The predicted molar refractivity (Wildman–Crippen MR) is 142 cm³/mol. The summed E-state index contributed by atoms with van der Waals surface area (Å²) in [6.45, 7) is 10.0. The number of nitrogens with zero attached hydrogens (tertiary/aromatic N) is 2. The lowest BCUT2D eigenvalue weighted by molar-refractivity contribution is -0.105. The molecule has 0 amide bonds. The van der Waals surface area contributed by atoms with Gasteiger partial charge in [-0.2, -0.15) is 0 Å². The van der Waals surface area contributed by atoms with Gasteiger partial charge in [0.2, 0.25) is 0 Å². The third-order valence-corrected chi connectivity index (χ3v) is 9.05. The minimum absolute atomic E-state index is 0.120. The first kappa shape index (κ1) is 26.8. The minimum Gasteiger partial charge on any atom is -0.465 e. The predicted octanol–water partition coefficient (Wildman–Crippen LogP) is 7.56. The number of unbranched alkanes of at least 4 members (excludes halogenated alkanes) is 3. The van der Waals surface area contributed by atoms with E-state index in [4.69, 9.17) is 13.9 Å². The van der Waals surface area contributed by atoms with Crippen molar-refractivity contribution in [3.05, 3.63) is 42.2 Å². The number of aromatic nitrogens is 2. The summed E-state index contributed by atoms with van der Waals surface area (Å²) in [4.78, 5) is 9.19. The van der Waals surface area contributed by atoms with Gasteiger partial charge in [-0.25, -0.2) is 9.97 Å². The molecule has 0 spiro atoms. The van der Waals surface area contributed by atoms with Gasteiger partial charge in [-0.3, -0.25) is 0 Å². The fourth-order valence-electron chi connectivity index (χ4n) is 4.47. The van der Waals surface area contributed by atoms with Crippen molar-refractivity contribution in [1.82, 2.24) is 9.97 Å². The van der Waals surface area contributed by atoms with Gasteiger partial charge in [0.1, 0.15) is 5.75 Å². The summed E-state index contributed by atoms with van der Waals surface area (Å²) in [5.41, 5.74) is 2.21. The Hall–Kier alpha value is -1.76. The van der Waals surface area contributed by atoms with Gasteiger partial charge in [0.15, 0.2) is 20.4 Å². The highest BCUT2D eigenvalue weighted by molar-refractivity contribution is 6.71. The molecular weight excluding hydrogens is 440 g/mol. The smallest absolute Gasteiger partial charge is 0.199 e. The molecule has 0 N–H and O–H groups in total. The summed E-state index contributed by atoms with van der Waals surface area (Å²) < 4.78 is 18.0. The zero-order valence-electron chi connectivity index (χ0n) is 21.7. The van der Waals surface area contributed by atoms with E-state index in [1.807, 2.05) is 36.7 Å². The lowest BCUT2D eigenvalue weighted by Crippen LogP contribution is -2.34. The molecule has 0 bridgehead atoms.